The van der Waals surface area contributed by atoms with Crippen LogP contribution in [0.5, 0.6) is 0 Å². The minimum atomic E-state index is -0.606. The Balaban J connectivity index is 2.42. The lowest BCUT2D eigenvalue weighted by atomic mass is 9.97. The summed E-state index contributed by atoms with van der Waals surface area (Å²) in [5.41, 5.74) is 2.14. The van der Waals surface area contributed by atoms with Gasteiger partial charge in [0.2, 0.25) is 0 Å². The molecule has 0 nitrogen and oxygen atoms in total. The molecular formula is C15H13F3. The van der Waals surface area contributed by atoms with E-state index in [2.05, 4.69) is 0 Å². The molecule has 0 spiro atoms. The van der Waals surface area contributed by atoms with Crippen LogP contribution in [0.15, 0.2) is 42.5 Å². The molecule has 0 aliphatic rings. The normalized spacial score (nSPS) is 10.6. The summed E-state index contributed by atoms with van der Waals surface area (Å²) in [4.78, 5) is 0. The second-order valence-corrected chi connectivity index (χ2v) is 4.11. The monoisotopic (exact) mass is 250 g/mol. The molecule has 0 aliphatic carbocycles. The van der Waals surface area contributed by atoms with Crippen molar-refractivity contribution in [3.63, 3.8) is 0 Å². The topological polar surface area (TPSA) is 0 Å². The smallest absolute Gasteiger partial charge is 0.126 e. The van der Waals surface area contributed by atoms with Crippen molar-refractivity contribution in [1.82, 2.24) is 0 Å². The first-order chi connectivity index (χ1) is 8.70. The van der Waals surface area contributed by atoms with Gasteiger partial charge in [0.1, 0.15) is 11.6 Å². The Morgan fingerprint density at radius 3 is 2.22 bits per heavy atom. The van der Waals surface area contributed by atoms with E-state index in [-0.39, 0.29) is 0 Å². The molecule has 0 aliphatic heterocycles. The lowest BCUT2D eigenvalue weighted by molar-refractivity contribution is 0.473. The van der Waals surface area contributed by atoms with Gasteiger partial charge in [-0.25, -0.2) is 8.78 Å². The molecule has 3 heteroatoms. The van der Waals surface area contributed by atoms with Gasteiger partial charge in [-0.2, -0.15) is 0 Å². The van der Waals surface area contributed by atoms with Gasteiger partial charge in [0.15, 0.2) is 0 Å². The predicted molar refractivity (Wildman–Crippen MR) is 66.1 cm³/mol. The first-order valence-corrected chi connectivity index (χ1v) is 5.81. The lowest BCUT2D eigenvalue weighted by Crippen LogP contribution is -1.92. The molecule has 0 N–H and O–H groups in total. The number of halogens is 3. The lowest BCUT2D eigenvalue weighted by Gasteiger charge is -2.09. The predicted octanol–water partition coefficient (Wildman–Crippen LogP) is 4.53. The van der Waals surface area contributed by atoms with Crippen molar-refractivity contribution >= 4 is 0 Å². The Morgan fingerprint density at radius 2 is 1.56 bits per heavy atom. The minimum Gasteiger partial charge on any atom is -0.251 e. The number of hydrogen-bond acceptors (Lipinski definition) is 0. The van der Waals surface area contributed by atoms with E-state index in [0.29, 0.717) is 18.4 Å². The average Bonchev–Trinajstić information content (AvgIpc) is 2.35. The Kier molecular flexibility index (Phi) is 4.03. The third-order valence-electron chi connectivity index (χ3n) is 2.77. The van der Waals surface area contributed by atoms with Crippen molar-refractivity contribution in [2.45, 2.75) is 12.8 Å². The van der Waals surface area contributed by atoms with Gasteiger partial charge in [0, 0.05) is 6.07 Å². The fourth-order valence-corrected chi connectivity index (χ4v) is 1.99. The summed E-state index contributed by atoms with van der Waals surface area (Å²) in [7, 11) is 0. The molecule has 2 aromatic rings. The molecule has 2 rings (SSSR count). The van der Waals surface area contributed by atoms with Crippen LogP contribution in [0.2, 0.25) is 0 Å². The zero-order chi connectivity index (χ0) is 13.0. The highest BCUT2D eigenvalue weighted by molar-refractivity contribution is 5.67. The SMILES string of the molecule is FCCCc1ccccc1-c1cc(F)cc(F)c1. The third kappa shape index (κ3) is 2.92. The Hall–Kier alpha value is -1.77. The first-order valence-electron chi connectivity index (χ1n) is 5.81. The van der Waals surface area contributed by atoms with Gasteiger partial charge in [-0.15, -0.1) is 0 Å². The molecule has 0 saturated heterocycles. The molecule has 0 unspecified atom stereocenters. The van der Waals surface area contributed by atoms with Crippen LogP contribution in [0.4, 0.5) is 13.2 Å². The molecule has 0 saturated carbocycles. The van der Waals surface area contributed by atoms with Crippen LogP contribution in [-0.4, -0.2) is 6.67 Å². The number of alkyl halides is 1. The van der Waals surface area contributed by atoms with Gasteiger partial charge in [-0.1, -0.05) is 24.3 Å². The standard InChI is InChI=1S/C15H13F3/c16-7-3-5-11-4-1-2-6-15(11)12-8-13(17)10-14(18)9-12/h1-2,4,6,8-10H,3,5,7H2. The van der Waals surface area contributed by atoms with Crippen molar-refractivity contribution in [3.8, 4) is 11.1 Å². The molecule has 18 heavy (non-hydrogen) atoms. The third-order valence-corrected chi connectivity index (χ3v) is 2.77. The maximum Gasteiger partial charge on any atom is 0.126 e. The number of benzene rings is 2. The molecule has 0 radical (unpaired) electrons. The largest absolute Gasteiger partial charge is 0.251 e. The zero-order valence-corrected chi connectivity index (χ0v) is 9.80. The molecular weight excluding hydrogens is 237 g/mol. The van der Waals surface area contributed by atoms with Crippen LogP contribution >= 0.6 is 0 Å². The quantitative estimate of drug-likeness (QED) is 0.747. The summed E-state index contributed by atoms with van der Waals surface area (Å²) >= 11 is 0. The van der Waals surface area contributed by atoms with Gasteiger partial charge < -0.3 is 0 Å². The van der Waals surface area contributed by atoms with E-state index in [9.17, 15) is 13.2 Å². The van der Waals surface area contributed by atoms with Gasteiger partial charge in [-0.3, -0.25) is 4.39 Å². The minimum absolute atomic E-state index is 0.397. The number of hydrogen-bond donors (Lipinski definition) is 0. The van der Waals surface area contributed by atoms with E-state index in [4.69, 9.17) is 0 Å². The number of aryl methyl sites for hydroxylation is 1. The van der Waals surface area contributed by atoms with Gasteiger partial charge >= 0.3 is 0 Å². The maximum atomic E-state index is 13.2. The van der Waals surface area contributed by atoms with Gasteiger partial charge in [0.25, 0.3) is 0 Å². The van der Waals surface area contributed by atoms with E-state index < -0.39 is 18.3 Å². The van der Waals surface area contributed by atoms with E-state index in [1.54, 1.807) is 12.1 Å². The fraction of sp³-hybridized carbons (Fsp3) is 0.200. The summed E-state index contributed by atoms with van der Waals surface area (Å²) in [6, 6.07) is 10.7. The van der Waals surface area contributed by atoms with E-state index in [1.165, 1.54) is 12.1 Å². The van der Waals surface area contributed by atoms with E-state index in [1.807, 2.05) is 12.1 Å². The second-order valence-electron chi connectivity index (χ2n) is 4.11. The highest BCUT2D eigenvalue weighted by atomic mass is 19.1. The van der Waals surface area contributed by atoms with Crippen LogP contribution in [0.3, 0.4) is 0 Å². The summed E-state index contributed by atoms with van der Waals surface area (Å²) in [5, 5.41) is 0. The second kappa shape index (κ2) is 5.71. The van der Waals surface area contributed by atoms with Crippen LogP contribution in [0.1, 0.15) is 12.0 Å². The van der Waals surface area contributed by atoms with E-state index >= 15 is 0 Å². The molecule has 0 fully saturated rings. The van der Waals surface area contributed by atoms with Gasteiger partial charge in [0.05, 0.1) is 6.67 Å². The fourth-order valence-electron chi connectivity index (χ4n) is 1.99. The van der Waals surface area contributed by atoms with Crippen LogP contribution in [0.25, 0.3) is 11.1 Å². The first kappa shape index (κ1) is 12.7. The van der Waals surface area contributed by atoms with Crippen molar-refractivity contribution in [1.29, 1.82) is 0 Å². The number of rotatable bonds is 4. The molecule has 0 aromatic heterocycles. The van der Waals surface area contributed by atoms with Crippen LogP contribution < -0.4 is 0 Å². The molecule has 0 heterocycles. The Morgan fingerprint density at radius 1 is 0.889 bits per heavy atom. The molecule has 2 aromatic carbocycles. The highest BCUT2D eigenvalue weighted by Crippen LogP contribution is 2.26. The van der Waals surface area contributed by atoms with Gasteiger partial charge in [-0.05, 0) is 41.7 Å². The molecule has 0 atom stereocenters. The highest BCUT2D eigenvalue weighted by Gasteiger charge is 2.07. The molecule has 94 valence electrons. The van der Waals surface area contributed by atoms with Crippen LogP contribution in [-0.2, 0) is 6.42 Å². The average molecular weight is 250 g/mol. The van der Waals surface area contributed by atoms with E-state index in [0.717, 1.165) is 17.2 Å². The molecule has 0 bridgehead atoms. The zero-order valence-electron chi connectivity index (χ0n) is 9.80. The van der Waals surface area contributed by atoms with Crippen molar-refractivity contribution in [2.75, 3.05) is 6.67 Å². The van der Waals surface area contributed by atoms with Crippen LogP contribution in [0, 0.1) is 11.6 Å². The maximum absolute atomic E-state index is 13.2. The Labute approximate surface area is 104 Å². The summed E-state index contributed by atoms with van der Waals surface area (Å²) in [6.07, 6.45) is 0.972. The van der Waals surface area contributed by atoms with Crippen molar-refractivity contribution in [2.24, 2.45) is 0 Å². The Bertz CT molecular complexity index is 515. The van der Waals surface area contributed by atoms with Crippen molar-refractivity contribution < 1.29 is 13.2 Å². The summed E-state index contributed by atoms with van der Waals surface area (Å²) in [5.74, 6) is -1.21. The van der Waals surface area contributed by atoms with Crippen molar-refractivity contribution in [3.05, 3.63) is 59.7 Å². The summed E-state index contributed by atoms with van der Waals surface area (Å²) < 4.78 is 38.6. The summed E-state index contributed by atoms with van der Waals surface area (Å²) in [6.45, 7) is -0.397. The molecule has 0 amide bonds.